The fraction of sp³-hybridized carbons (Fsp3) is 0.389. The highest BCUT2D eigenvalue weighted by molar-refractivity contribution is 5.96. The molecule has 24 heavy (non-hydrogen) atoms. The van der Waals surface area contributed by atoms with Crippen LogP contribution in [0.4, 0.5) is 5.82 Å². The molecule has 1 aromatic heterocycles. The molecular weight excluding hydrogens is 304 g/mol. The topological polar surface area (TPSA) is 81.3 Å². The van der Waals surface area contributed by atoms with E-state index in [0.29, 0.717) is 13.2 Å². The number of hydrogen-bond acceptors (Lipinski definition) is 5. The van der Waals surface area contributed by atoms with Gasteiger partial charge in [-0.1, -0.05) is 23.8 Å². The van der Waals surface area contributed by atoms with Crippen molar-refractivity contribution in [2.45, 2.75) is 32.9 Å². The molecule has 1 aromatic carbocycles. The molecule has 6 nitrogen and oxygen atoms in total. The number of nitrogens with zero attached hydrogens (tertiary/aromatic N) is 3. The van der Waals surface area contributed by atoms with Crippen molar-refractivity contribution >= 4 is 11.7 Å². The maximum absolute atomic E-state index is 12.8. The lowest BCUT2D eigenvalue weighted by molar-refractivity contribution is -0.0490. The number of rotatable bonds is 2. The van der Waals surface area contributed by atoms with Gasteiger partial charge < -0.3 is 15.4 Å². The predicted octanol–water partition coefficient (Wildman–Crippen LogP) is 2.28. The van der Waals surface area contributed by atoms with Gasteiger partial charge in [-0.2, -0.15) is 0 Å². The summed E-state index contributed by atoms with van der Waals surface area (Å²) in [6.45, 7) is 7.02. The number of aryl methyl sites for hydroxylation is 2. The van der Waals surface area contributed by atoms with E-state index < -0.39 is 0 Å². The molecule has 1 saturated heterocycles. The smallest absolute Gasteiger partial charge is 0.276 e. The van der Waals surface area contributed by atoms with Crippen LogP contribution in [0.3, 0.4) is 0 Å². The van der Waals surface area contributed by atoms with E-state index in [-0.39, 0.29) is 29.6 Å². The Balaban J connectivity index is 1.87. The number of carbonyl (C=O) groups excluding carboxylic acids is 1. The van der Waals surface area contributed by atoms with E-state index in [1.807, 2.05) is 6.92 Å². The number of nitrogen functional groups attached to an aromatic ring is 1. The Morgan fingerprint density at radius 2 is 2.04 bits per heavy atom. The third kappa shape index (κ3) is 3.10. The Bertz CT molecular complexity index is 762. The average Bonchev–Trinajstić information content (AvgIpc) is 2.57. The molecule has 126 valence electrons. The molecule has 1 aliphatic rings. The van der Waals surface area contributed by atoms with E-state index in [1.165, 1.54) is 18.0 Å². The molecule has 0 spiro atoms. The number of morpholine rings is 1. The predicted molar refractivity (Wildman–Crippen MR) is 91.6 cm³/mol. The summed E-state index contributed by atoms with van der Waals surface area (Å²) in [5, 5.41) is 0. The van der Waals surface area contributed by atoms with E-state index in [4.69, 9.17) is 10.5 Å². The lowest BCUT2D eigenvalue weighted by Crippen LogP contribution is -2.48. The first-order valence-corrected chi connectivity index (χ1v) is 8.03. The number of anilines is 1. The third-order valence-corrected chi connectivity index (χ3v) is 4.40. The second-order valence-corrected chi connectivity index (χ2v) is 6.28. The first-order valence-electron chi connectivity index (χ1n) is 8.03. The van der Waals surface area contributed by atoms with Crippen LogP contribution < -0.4 is 5.73 Å². The molecule has 3 rings (SSSR count). The first-order chi connectivity index (χ1) is 11.5. The van der Waals surface area contributed by atoms with Crippen molar-refractivity contribution in [1.82, 2.24) is 14.9 Å². The maximum Gasteiger partial charge on any atom is 0.276 e. The zero-order chi connectivity index (χ0) is 17.3. The van der Waals surface area contributed by atoms with Crippen molar-refractivity contribution in [3.8, 4) is 0 Å². The molecule has 0 unspecified atom stereocenters. The van der Waals surface area contributed by atoms with Gasteiger partial charge in [-0.05, 0) is 31.9 Å². The largest absolute Gasteiger partial charge is 0.382 e. The molecule has 1 fully saturated rings. The normalized spacial score (nSPS) is 20.9. The lowest BCUT2D eigenvalue weighted by atomic mass is 9.98. The standard InChI is InChI=1S/C18H22N4O2/c1-11-4-5-12(2)14(8-11)15-9-22(13(3)10-24-15)18(23)16-17(19)21-7-6-20-16/h4-8,13,15H,9-10H2,1-3H3,(H2,19,21)/t13-,15-/m0/s1. The van der Waals surface area contributed by atoms with E-state index in [1.54, 1.807) is 4.90 Å². The van der Waals surface area contributed by atoms with Crippen LogP contribution in [-0.4, -0.2) is 40.0 Å². The molecule has 0 saturated carbocycles. The summed E-state index contributed by atoms with van der Waals surface area (Å²) >= 11 is 0. The van der Waals surface area contributed by atoms with Gasteiger partial charge in [0, 0.05) is 12.4 Å². The van der Waals surface area contributed by atoms with Crippen molar-refractivity contribution < 1.29 is 9.53 Å². The highest BCUT2D eigenvalue weighted by Crippen LogP contribution is 2.29. The molecule has 0 bridgehead atoms. The van der Waals surface area contributed by atoms with Gasteiger partial charge in [-0.15, -0.1) is 0 Å². The summed E-state index contributed by atoms with van der Waals surface area (Å²) in [5.41, 5.74) is 9.46. The van der Waals surface area contributed by atoms with E-state index in [9.17, 15) is 4.79 Å². The fourth-order valence-electron chi connectivity index (χ4n) is 2.98. The van der Waals surface area contributed by atoms with Gasteiger partial charge in [0.1, 0.15) is 6.10 Å². The molecular formula is C18H22N4O2. The van der Waals surface area contributed by atoms with Gasteiger partial charge >= 0.3 is 0 Å². The molecule has 6 heteroatoms. The van der Waals surface area contributed by atoms with Crippen molar-refractivity contribution in [2.24, 2.45) is 0 Å². The molecule has 2 heterocycles. The van der Waals surface area contributed by atoms with Crippen LogP contribution >= 0.6 is 0 Å². The van der Waals surface area contributed by atoms with Gasteiger partial charge in [0.05, 0.1) is 19.2 Å². The van der Waals surface area contributed by atoms with E-state index >= 15 is 0 Å². The minimum absolute atomic E-state index is 0.0414. The number of aromatic nitrogens is 2. The highest BCUT2D eigenvalue weighted by atomic mass is 16.5. The van der Waals surface area contributed by atoms with Crippen LogP contribution in [0.2, 0.25) is 0 Å². The van der Waals surface area contributed by atoms with Crippen LogP contribution in [0.25, 0.3) is 0 Å². The van der Waals surface area contributed by atoms with Gasteiger partial charge in [0.2, 0.25) is 0 Å². The maximum atomic E-state index is 12.8. The number of nitrogens with two attached hydrogens (primary N) is 1. The van der Waals surface area contributed by atoms with Crippen molar-refractivity contribution in [3.05, 3.63) is 53.0 Å². The zero-order valence-corrected chi connectivity index (χ0v) is 14.2. The van der Waals surface area contributed by atoms with Gasteiger partial charge in [-0.3, -0.25) is 4.79 Å². The van der Waals surface area contributed by atoms with E-state index in [2.05, 4.69) is 42.0 Å². The van der Waals surface area contributed by atoms with Gasteiger partial charge in [0.25, 0.3) is 5.91 Å². The zero-order valence-electron chi connectivity index (χ0n) is 14.2. The van der Waals surface area contributed by atoms with Gasteiger partial charge in [0.15, 0.2) is 11.5 Å². The molecule has 1 aliphatic heterocycles. The van der Waals surface area contributed by atoms with Crippen molar-refractivity contribution in [1.29, 1.82) is 0 Å². The summed E-state index contributed by atoms with van der Waals surface area (Å²) in [7, 11) is 0. The highest BCUT2D eigenvalue weighted by Gasteiger charge is 2.33. The van der Waals surface area contributed by atoms with Crippen LogP contribution in [0.5, 0.6) is 0 Å². The molecule has 1 amide bonds. The summed E-state index contributed by atoms with van der Waals surface area (Å²) in [6, 6.07) is 6.24. The van der Waals surface area contributed by atoms with Crippen LogP contribution in [0, 0.1) is 13.8 Å². The molecule has 0 radical (unpaired) electrons. The third-order valence-electron chi connectivity index (χ3n) is 4.40. The SMILES string of the molecule is Cc1ccc(C)c([C@@H]2CN(C(=O)c3nccnc3N)[C@@H](C)CO2)c1. The van der Waals surface area contributed by atoms with Gasteiger partial charge in [-0.25, -0.2) is 9.97 Å². The number of hydrogen-bond donors (Lipinski definition) is 1. The Morgan fingerprint density at radius 3 is 2.79 bits per heavy atom. The fourth-order valence-corrected chi connectivity index (χ4v) is 2.98. The quantitative estimate of drug-likeness (QED) is 0.915. The summed E-state index contributed by atoms with van der Waals surface area (Å²) < 4.78 is 6.00. The second kappa shape index (κ2) is 6.57. The summed E-state index contributed by atoms with van der Waals surface area (Å²) in [5.74, 6) is -0.0452. The van der Waals surface area contributed by atoms with Crippen molar-refractivity contribution in [3.63, 3.8) is 0 Å². The average molecular weight is 326 g/mol. The summed E-state index contributed by atoms with van der Waals surface area (Å²) in [4.78, 5) is 22.7. The molecule has 2 aromatic rings. The number of carbonyl (C=O) groups is 1. The minimum Gasteiger partial charge on any atom is -0.382 e. The van der Waals surface area contributed by atoms with Crippen LogP contribution in [-0.2, 0) is 4.74 Å². The number of amides is 1. The monoisotopic (exact) mass is 326 g/mol. The molecule has 0 aliphatic carbocycles. The summed E-state index contributed by atoms with van der Waals surface area (Å²) in [6.07, 6.45) is 2.81. The number of ether oxygens (including phenoxy) is 1. The Labute approximate surface area is 141 Å². The number of benzene rings is 1. The Kier molecular flexibility index (Phi) is 4.49. The Morgan fingerprint density at radius 1 is 1.29 bits per heavy atom. The second-order valence-electron chi connectivity index (χ2n) is 6.28. The first kappa shape index (κ1) is 16.4. The lowest BCUT2D eigenvalue weighted by Gasteiger charge is -2.38. The Hall–Kier alpha value is -2.47. The minimum atomic E-state index is -0.202. The van der Waals surface area contributed by atoms with Crippen molar-refractivity contribution in [2.75, 3.05) is 18.9 Å². The van der Waals surface area contributed by atoms with Crippen LogP contribution in [0.15, 0.2) is 30.6 Å². The van der Waals surface area contributed by atoms with Crippen LogP contribution in [0.1, 0.15) is 40.2 Å². The molecule has 2 N–H and O–H groups in total. The molecule has 2 atom stereocenters. The van der Waals surface area contributed by atoms with E-state index in [0.717, 1.165) is 11.1 Å².